The fraction of sp³-hybridized carbons (Fsp3) is 0.474. The van der Waals surface area contributed by atoms with Gasteiger partial charge in [-0.2, -0.15) is 0 Å². The van der Waals surface area contributed by atoms with Crippen molar-refractivity contribution in [3.63, 3.8) is 0 Å². The van der Waals surface area contributed by atoms with E-state index in [0.29, 0.717) is 12.6 Å². The van der Waals surface area contributed by atoms with Crippen LogP contribution in [0, 0.1) is 13.8 Å². The van der Waals surface area contributed by atoms with Gasteiger partial charge >= 0.3 is 0 Å². The first-order valence-corrected chi connectivity index (χ1v) is 9.41. The Morgan fingerprint density at radius 1 is 1.25 bits per heavy atom. The molecule has 0 saturated heterocycles. The number of nitrogens with zero attached hydrogens (tertiary/aromatic N) is 2. The first-order valence-electron chi connectivity index (χ1n) is 8.60. The molecule has 0 spiro atoms. The van der Waals surface area contributed by atoms with Gasteiger partial charge in [0.05, 0.1) is 12.2 Å². The van der Waals surface area contributed by atoms with Crippen LogP contribution >= 0.6 is 11.3 Å². The maximum Gasteiger partial charge on any atom is 0.191 e. The minimum Gasteiger partial charge on any atom is -0.357 e. The molecule has 0 amide bonds. The predicted octanol–water partition coefficient (Wildman–Crippen LogP) is 3.84. The molecule has 0 radical (unpaired) electrons. The van der Waals surface area contributed by atoms with Gasteiger partial charge < -0.3 is 10.6 Å². The van der Waals surface area contributed by atoms with Gasteiger partial charge in [-0.05, 0) is 46.1 Å². The number of hydrogen-bond acceptors (Lipinski definition) is 3. The minimum atomic E-state index is 0.364. The first-order chi connectivity index (χ1) is 11.6. The normalized spacial score (nSPS) is 12.9. The summed E-state index contributed by atoms with van der Waals surface area (Å²) in [5.74, 6) is 0.864. The van der Waals surface area contributed by atoms with Crippen LogP contribution in [0.4, 0.5) is 0 Å². The van der Waals surface area contributed by atoms with Crippen LogP contribution in [0.2, 0.25) is 0 Å². The van der Waals surface area contributed by atoms with Crippen LogP contribution in [0.3, 0.4) is 0 Å². The second-order valence-corrected chi connectivity index (χ2v) is 7.30. The summed E-state index contributed by atoms with van der Waals surface area (Å²) >= 11 is 1.73. The summed E-state index contributed by atoms with van der Waals surface area (Å²) < 4.78 is 0. The largest absolute Gasteiger partial charge is 0.357 e. The SMILES string of the molecule is CCNC(=NCc1nc(C)c(C)s1)NC(C)CCc1ccccc1. The Bertz CT molecular complexity index is 629. The number of aryl methyl sites for hydroxylation is 3. The number of hydrogen-bond donors (Lipinski definition) is 2. The van der Waals surface area contributed by atoms with E-state index in [4.69, 9.17) is 0 Å². The van der Waals surface area contributed by atoms with E-state index in [-0.39, 0.29) is 0 Å². The number of aromatic nitrogens is 1. The molecule has 0 saturated carbocycles. The van der Waals surface area contributed by atoms with Crippen molar-refractivity contribution in [2.75, 3.05) is 6.54 Å². The summed E-state index contributed by atoms with van der Waals surface area (Å²) in [5.41, 5.74) is 2.49. The molecule has 1 aromatic heterocycles. The average Bonchev–Trinajstić information content (AvgIpc) is 2.90. The molecule has 0 bridgehead atoms. The van der Waals surface area contributed by atoms with Gasteiger partial charge in [-0.3, -0.25) is 0 Å². The Kier molecular flexibility index (Phi) is 7.25. The molecular weight excluding hydrogens is 316 g/mol. The van der Waals surface area contributed by atoms with Crippen LogP contribution < -0.4 is 10.6 Å². The molecule has 4 nitrogen and oxygen atoms in total. The number of nitrogens with one attached hydrogen (secondary N) is 2. The second kappa shape index (κ2) is 9.42. The van der Waals surface area contributed by atoms with Gasteiger partial charge in [-0.25, -0.2) is 9.98 Å². The molecule has 0 fully saturated rings. The third kappa shape index (κ3) is 5.96. The fourth-order valence-corrected chi connectivity index (χ4v) is 3.27. The summed E-state index contributed by atoms with van der Waals surface area (Å²) in [4.78, 5) is 10.5. The lowest BCUT2D eigenvalue weighted by Gasteiger charge is -2.17. The lowest BCUT2D eigenvalue weighted by Crippen LogP contribution is -2.42. The monoisotopic (exact) mass is 344 g/mol. The molecule has 2 aromatic rings. The van der Waals surface area contributed by atoms with E-state index in [1.54, 1.807) is 11.3 Å². The Morgan fingerprint density at radius 2 is 2.00 bits per heavy atom. The smallest absolute Gasteiger partial charge is 0.191 e. The Hall–Kier alpha value is -1.88. The number of rotatable bonds is 7. The topological polar surface area (TPSA) is 49.3 Å². The fourth-order valence-electron chi connectivity index (χ4n) is 2.41. The number of benzene rings is 1. The van der Waals surface area contributed by atoms with Gasteiger partial charge in [0, 0.05) is 17.5 Å². The third-order valence-electron chi connectivity index (χ3n) is 3.88. The van der Waals surface area contributed by atoms with Crippen LogP contribution in [0.25, 0.3) is 0 Å². The van der Waals surface area contributed by atoms with Crippen molar-refractivity contribution in [3.05, 3.63) is 51.5 Å². The molecule has 24 heavy (non-hydrogen) atoms. The van der Waals surface area contributed by atoms with Gasteiger partial charge in [0.25, 0.3) is 0 Å². The highest BCUT2D eigenvalue weighted by Gasteiger charge is 2.07. The van der Waals surface area contributed by atoms with Gasteiger partial charge in [-0.1, -0.05) is 30.3 Å². The number of thiazole rings is 1. The molecule has 0 aliphatic heterocycles. The zero-order valence-electron chi connectivity index (χ0n) is 15.1. The Balaban J connectivity index is 1.88. The maximum absolute atomic E-state index is 4.68. The van der Waals surface area contributed by atoms with Crippen LogP contribution in [-0.4, -0.2) is 23.5 Å². The van der Waals surface area contributed by atoms with E-state index in [9.17, 15) is 0 Å². The Labute approximate surface area is 149 Å². The second-order valence-electron chi connectivity index (χ2n) is 6.01. The third-order valence-corrected chi connectivity index (χ3v) is 4.94. The van der Waals surface area contributed by atoms with Gasteiger partial charge in [0.15, 0.2) is 5.96 Å². The van der Waals surface area contributed by atoms with E-state index in [2.05, 4.69) is 71.7 Å². The molecule has 5 heteroatoms. The summed E-state index contributed by atoms with van der Waals surface area (Å²) in [6.45, 7) is 9.92. The molecule has 0 aliphatic carbocycles. The molecular formula is C19H28N4S. The highest BCUT2D eigenvalue weighted by Crippen LogP contribution is 2.17. The quantitative estimate of drug-likeness (QED) is 0.593. The first kappa shape index (κ1) is 18.5. The van der Waals surface area contributed by atoms with Crippen LogP contribution in [-0.2, 0) is 13.0 Å². The highest BCUT2D eigenvalue weighted by molar-refractivity contribution is 7.11. The molecule has 0 aliphatic rings. The van der Waals surface area contributed by atoms with Crippen LogP contribution in [0.5, 0.6) is 0 Å². The zero-order valence-corrected chi connectivity index (χ0v) is 15.9. The van der Waals surface area contributed by atoms with E-state index in [0.717, 1.165) is 36.0 Å². The van der Waals surface area contributed by atoms with Crippen molar-refractivity contribution in [1.82, 2.24) is 15.6 Å². The van der Waals surface area contributed by atoms with Crippen LogP contribution in [0.15, 0.2) is 35.3 Å². The van der Waals surface area contributed by atoms with E-state index >= 15 is 0 Å². The summed E-state index contributed by atoms with van der Waals surface area (Å²) in [5, 5.41) is 7.88. The minimum absolute atomic E-state index is 0.364. The number of guanidine groups is 1. The van der Waals surface area contributed by atoms with Crippen molar-refractivity contribution in [1.29, 1.82) is 0 Å². The molecule has 1 unspecified atom stereocenters. The van der Waals surface area contributed by atoms with Crippen molar-refractivity contribution in [3.8, 4) is 0 Å². The molecule has 130 valence electrons. The van der Waals surface area contributed by atoms with Crippen molar-refractivity contribution in [2.45, 2.75) is 53.1 Å². The number of aliphatic imine (C=N–C) groups is 1. The highest BCUT2D eigenvalue weighted by atomic mass is 32.1. The van der Waals surface area contributed by atoms with Crippen molar-refractivity contribution < 1.29 is 0 Å². The zero-order chi connectivity index (χ0) is 17.4. The van der Waals surface area contributed by atoms with E-state index < -0.39 is 0 Å². The standard InChI is InChI=1S/C19H28N4S/c1-5-20-19(21-13-18-23-15(3)16(4)24-18)22-14(2)11-12-17-9-7-6-8-10-17/h6-10,14H,5,11-13H2,1-4H3,(H2,20,21,22). The van der Waals surface area contributed by atoms with Crippen molar-refractivity contribution >= 4 is 17.3 Å². The molecule has 2 rings (SSSR count). The van der Waals surface area contributed by atoms with E-state index in [1.807, 2.05) is 6.92 Å². The summed E-state index contributed by atoms with van der Waals surface area (Å²) in [6, 6.07) is 11.0. The van der Waals surface area contributed by atoms with Crippen molar-refractivity contribution in [2.24, 2.45) is 4.99 Å². The molecule has 1 aromatic carbocycles. The van der Waals surface area contributed by atoms with E-state index in [1.165, 1.54) is 10.4 Å². The summed E-state index contributed by atoms with van der Waals surface area (Å²) in [7, 11) is 0. The van der Waals surface area contributed by atoms with Gasteiger partial charge in [0.2, 0.25) is 0 Å². The Morgan fingerprint density at radius 3 is 2.62 bits per heavy atom. The maximum atomic E-state index is 4.68. The molecule has 1 atom stereocenters. The van der Waals surface area contributed by atoms with Crippen LogP contribution in [0.1, 0.15) is 41.4 Å². The molecule has 1 heterocycles. The molecule has 2 N–H and O–H groups in total. The van der Waals surface area contributed by atoms with Gasteiger partial charge in [-0.15, -0.1) is 11.3 Å². The predicted molar refractivity (Wildman–Crippen MR) is 104 cm³/mol. The lowest BCUT2D eigenvalue weighted by molar-refractivity contribution is 0.593. The lowest BCUT2D eigenvalue weighted by atomic mass is 10.1. The summed E-state index contributed by atoms with van der Waals surface area (Å²) in [6.07, 6.45) is 2.14. The average molecular weight is 345 g/mol. The van der Waals surface area contributed by atoms with Gasteiger partial charge in [0.1, 0.15) is 5.01 Å².